The molecular weight excluding hydrogens is 348 g/mol. The molecule has 0 bridgehead atoms. The second-order valence-electron chi connectivity index (χ2n) is 7.05. The second-order valence-corrected chi connectivity index (χ2v) is 9.21. The summed E-state index contributed by atoms with van der Waals surface area (Å²) >= 11 is 0. The van der Waals surface area contributed by atoms with Gasteiger partial charge in [-0.3, -0.25) is 9.80 Å². The smallest absolute Gasteiger partial charge is 0.288 e. The molecule has 2 heterocycles. The van der Waals surface area contributed by atoms with Crippen molar-refractivity contribution < 1.29 is 13.2 Å². The Balaban J connectivity index is 1.83. The Morgan fingerprint density at radius 2 is 1.58 bits per heavy atom. The number of hydrogen-bond donors (Lipinski definition) is 0. The summed E-state index contributed by atoms with van der Waals surface area (Å²) in [5.41, 5.74) is 3.73. The Labute approximate surface area is 154 Å². The lowest BCUT2D eigenvalue weighted by molar-refractivity contribution is 0.255. The van der Waals surface area contributed by atoms with Crippen LogP contribution in [0.5, 0.6) is 0 Å². The number of aryl methyl sites for hydroxylation is 2. The van der Waals surface area contributed by atoms with E-state index in [-0.39, 0.29) is 29.6 Å². The van der Waals surface area contributed by atoms with Crippen LogP contribution in [-0.4, -0.2) is 38.0 Å². The van der Waals surface area contributed by atoms with Crippen LogP contribution in [0.3, 0.4) is 0 Å². The number of anilines is 2. The number of sulfone groups is 1. The number of para-hydroxylation sites is 1. The van der Waals surface area contributed by atoms with Crippen molar-refractivity contribution in [3.05, 3.63) is 59.7 Å². The van der Waals surface area contributed by atoms with E-state index in [9.17, 15) is 13.2 Å². The van der Waals surface area contributed by atoms with Crippen LogP contribution in [0.15, 0.2) is 48.5 Å². The summed E-state index contributed by atoms with van der Waals surface area (Å²) in [4.78, 5) is 16.7. The Hall–Kier alpha value is -2.34. The van der Waals surface area contributed by atoms with Gasteiger partial charge in [0.05, 0.1) is 23.6 Å². The van der Waals surface area contributed by atoms with Crippen LogP contribution in [0.1, 0.15) is 18.1 Å². The molecule has 0 spiro atoms. The Bertz CT molecular complexity index is 953. The van der Waals surface area contributed by atoms with Gasteiger partial charge < -0.3 is 0 Å². The van der Waals surface area contributed by atoms with Crippen molar-refractivity contribution in [2.75, 3.05) is 21.3 Å². The van der Waals surface area contributed by atoms with E-state index in [2.05, 4.69) is 0 Å². The van der Waals surface area contributed by atoms with Gasteiger partial charge >= 0.3 is 6.03 Å². The predicted octanol–water partition coefficient (Wildman–Crippen LogP) is 3.17. The van der Waals surface area contributed by atoms with Gasteiger partial charge in [-0.1, -0.05) is 42.8 Å². The first-order valence-electron chi connectivity index (χ1n) is 8.88. The van der Waals surface area contributed by atoms with Gasteiger partial charge in [0.1, 0.15) is 0 Å². The van der Waals surface area contributed by atoms with Gasteiger partial charge in [-0.25, -0.2) is 13.2 Å². The van der Waals surface area contributed by atoms with E-state index in [0.29, 0.717) is 0 Å². The van der Waals surface area contributed by atoms with E-state index in [1.165, 1.54) is 0 Å². The molecule has 5 nitrogen and oxygen atoms in total. The minimum Gasteiger partial charge on any atom is -0.288 e. The Kier molecular flexibility index (Phi) is 4.03. The van der Waals surface area contributed by atoms with Crippen molar-refractivity contribution >= 4 is 27.2 Å². The molecule has 2 aromatic rings. The van der Waals surface area contributed by atoms with E-state index in [1.807, 2.05) is 62.4 Å². The molecule has 2 saturated heterocycles. The minimum atomic E-state index is -3.17. The third kappa shape index (κ3) is 2.69. The molecule has 26 heavy (non-hydrogen) atoms. The minimum absolute atomic E-state index is 0.0159. The highest BCUT2D eigenvalue weighted by Crippen LogP contribution is 2.39. The topological polar surface area (TPSA) is 57.7 Å². The van der Waals surface area contributed by atoms with Crippen molar-refractivity contribution in [3.8, 4) is 0 Å². The van der Waals surface area contributed by atoms with Gasteiger partial charge in [-0.15, -0.1) is 0 Å². The predicted molar refractivity (Wildman–Crippen MR) is 104 cm³/mol. The number of carbonyl (C=O) groups is 1. The first-order valence-corrected chi connectivity index (χ1v) is 10.7. The quantitative estimate of drug-likeness (QED) is 0.780. The van der Waals surface area contributed by atoms with Crippen molar-refractivity contribution in [2.45, 2.75) is 32.4 Å². The summed E-state index contributed by atoms with van der Waals surface area (Å²) in [6, 6.07) is 14.6. The maximum atomic E-state index is 13.3. The Morgan fingerprint density at radius 1 is 0.962 bits per heavy atom. The van der Waals surface area contributed by atoms with Gasteiger partial charge in [0.2, 0.25) is 0 Å². The number of amides is 2. The monoisotopic (exact) mass is 370 g/mol. The standard InChI is InChI=1S/C20H22N2O3S/c1-3-15-6-4-5-7-17(15)22-19-13-26(24,25)12-18(19)21(20(22)23)16-10-8-14(2)9-11-16/h4-11,18-19H,3,12-13H2,1-2H3/t18-,19+/m0/s1. The number of benzene rings is 2. The molecule has 0 aliphatic carbocycles. The molecule has 6 heteroatoms. The summed E-state index contributed by atoms with van der Waals surface area (Å²) in [5, 5.41) is 0. The summed E-state index contributed by atoms with van der Waals surface area (Å²) in [7, 11) is -3.17. The van der Waals surface area contributed by atoms with Crippen molar-refractivity contribution in [3.63, 3.8) is 0 Å². The first-order chi connectivity index (χ1) is 12.4. The van der Waals surface area contributed by atoms with Gasteiger partial charge in [0.25, 0.3) is 0 Å². The van der Waals surface area contributed by atoms with E-state index >= 15 is 0 Å². The summed E-state index contributed by atoms with van der Waals surface area (Å²) in [5.74, 6) is 0.0336. The SMILES string of the molecule is CCc1ccccc1N1C(=O)N(c2ccc(C)cc2)[C@H]2CS(=O)(=O)C[C@H]21. The number of nitrogens with zero attached hydrogens (tertiary/aromatic N) is 2. The molecule has 2 aliphatic rings. The van der Waals surface area contributed by atoms with Crippen molar-refractivity contribution in [1.82, 2.24) is 0 Å². The van der Waals surface area contributed by atoms with Gasteiger partial charge in [0.15, 0.2) is 9.84 Å². The van der Waals surface area contributed by atoms with Crippen LogP contribution in [0, 0.1) is 6.92 Å². The molecule has 0 saturated carbocycles. The fourth-order valence-corrected chi connectivity index (χ4v) is 5.96. The molecule has 0 unspecified atom stereocenters. The summed E-state index contributed by atoms with van der Waals surface area (Å²) < 4.78 is 24.7. The van der Waals surface area contributed by atoms with Gasteiger partial charge in [-0.05, 0) is 37.1 Å². The lowest BCUT2D eigenvalue weighted by Crippen LogP contribution is -2.38. The van der Waals surface area contributed by atoms with E-state index in [1.54, 1.807) is 9.80 Å². The maximum absolute atomic E-state index is 13.3. The molecule has 0 N–H and O–H groups in total. The lowest BCUT2D eigenvalue weighted by Gasteiger charge is -2.24. The fraction of sp³-hybridized carbons (Fsp3) is 0.350. The summed E-state index contributed by atoms with van der Waals surface area (Å²) in [6.45, 7) is 4.03. The average Bonchev–Trinajstić information content (AvgIpc) is 3.04. The van der Waals surface area contributed by atoms with Crippen molar-refractivity contribution in [2.24, 2.45) is 0 Å². The number of carbonyl (C=O) groups excluding carboxylic acids is 1. The lowest BCUT2D eigenvalue weighted by atomic mass is 10.1. The van der Waals surface area contributed by atoms with Crippen LogP contribution in [0.25, 0.3) is 0 Å². The number of hydrogen-bond acceptors (Lipinski definition) is 3. The maximum Gasteiger partial charge on any atom is 0.329 e. The molecule has 2 aromatic carbocycles. The number of rotatable bonds is 3. The van der Waals surface area contributed by atoms with Crippen LogP contribution in [0.4, 0.5) is 16.2 Å². The van der Waals surface area contributed by atoms with Gasteiger partial charge in [-0.2, -0.15) is 0 Å². The van der Waals surface area contributed by atoms with Crippen LogP contribution in [0.2, 0.25) is 0 Å². The van der Waals surface area contributed by atoms with E-state index in [4.69, 9.17) is 0 Å². The number of fused-ring (bicyclic) bond motifs is 1. The molecule has 2 atom stereocenters. The number of urea groups is 1. The highest BCUT2D eigenvalue weighted by atomic mass is 32.2. The fourth-order valence-electron chi connectivity index (χ4n) is 4.04. The zero-order chi connectivity index (χ0) is 18.5. The van der Waals surface area contributed by atoms with Crippen LogP contribution < -0.4 is 9.80 Å². The van der Waals surface area contributed by atoms with E-state index < -0.39 is 9.84 Å². The summed E-state index contributed by atoms with van der Waals surface area (Å²) in [6.07, 6.45) is 0.786. The van der Waals surface area contributed by atoms with Crippen LogP contribution in [-0.2, 0) is 16.3 Å². The van der Waals surface area contributed by atoms with Gasteiger partial charge in [0, 0.05) is 11.4 Å². The second kappa shape index (κ2) is 6.13. The largest absolute Gasteiger partial charge is 0.329 e. The third-order valence-corrected chi connectivity index (χ3v) is 7.01. The molecule has 0 aromatic heterocycles. The normalized spacial score (nSPS) is 24.2. The molecule has 2 amide bonds. The van der Waals surface area contributed by atoms with E-state index in [0.717, 1.165) is 28.9 Å². The average molecular weight is 370 g/mol. The highest BCUT2D eigenvalue weighted by molar-refractivity contribution is 7.91. The molecular formula is C20H22N2O3S. The first kappa shape index (κ1) is 17.1. The van der Waals surface area contributed by atoms with Crippen molar-refractivity contribution in [1.29, 1.82) is 0 Å². The molecule has 2 aliphatic heterocycles. The third-order valence-electron chi connectivity index (χ3n) is 5.31. The highest BCUT2D eigenvalue weighted by Gasteiger charge is 2.54. The molecule has 136 valence electrons. The van der Waals surface area contributed by atoms with Crippen LogP contribution >= 0.6 is 0 Å². The Morgan fingerprint density at radius 3 is 2.23 bits per heavy atom. The zero-order valence-electron chi connectivity index (χ0n) is 14.9. The zero-order valence-corrected chi connectivity index (χ0v) is 15.7. The molecule has 0 radical (unpaired) electrons. The molecule has 2 fully saturated rings. The molecule has 4 rings (SSSR count).